The third-order valence-electron chi connectivity index (χ3n) is 10.2. The number of aromatic nitrogens is 4. The average Bonchev–Trinajstić information content (AvgIpc) is 3.76. The Balaban J connectivity index is 1.24. The van der Waals surface area contributed by atoms with Gasteiger partial charge in [0.05, 0.1) is 16.7 Å². The van der Waals surface area contributed by atoms with Gasteiger partial charge in [0.25, 0.3) is 0 Å². The van der Waals surface area contributed by atoms with Gasteiger partial charge in [-0.15, -0.1) is 0 Å². The second kappa shape index (κ2) is 11.2. The Kier molecular flexibility index (Phi) is 6.18. The lowest BCUT2D eigenvalue weighted by Gasteiger charge is -2.13. The molecule has 0 spiro atoms. The largest absolute Gasteiger partial charge is 0.456 e. The maximum absolute atomic E-state index is 6.64. The van der Waals surface area contributed by atoms with Gasteiger partial charge in [-0.3, -0.25) is 0 Å². The average molecular weight is 665 g/mol. The topological polar surface area (TPSA) is 56.7 Å². The lowest BCUT2D eigenvalue weighted by atomic mass is 10.0. The molecule has 3 aromatic heterocycles. The molecule has 0 aliphatic heterocycles. The van der Waals surface area contributed by atoms with Gasteiger partial charge in [0.1, 0.15) is 11.2 Å². The highest BCUT2D eigenvalue weighted by Gasteiger charge is 2.22. The molecule has 11 rings (SSSR count). The monoisotopic (exact) mass is 664 g/mol. The number of hydrogen-bond acceptors (Lipinski definition) is 4. The molecule has 0 radical (unpaired) electrons. The quantitative estimate of drug-likeness (QED) is 0.188. The van der Waals surface area contributed by atoms with E-state index in [1.54, 1.807) is 0 Å². The fourth-order valence-electron chi connectivity index (χ4n) is 7.83. The third kappa shape index (κ3) is 4.39. The second-order valence-electron chi connectivity index (χ2n) is 13.2. The molecule has 5 heteroatoms. The molecule has 11 aromatic rings. The van der Waals surface area contributed by atoms with Crippen LogP contribution in [0.5, 0.6) is 0 Å². The van der Waals surface area contributed by atoms with Gasteiger partial charge in [-0.2, -0.15) is 0 Å². The van der Waals surface area contributed by atoms with Crippen LogP contribution < -0.4 is 0 Å². The lowest BCUT2D eigenvalue weighted by molar-refractivity contribution is 0.668. The summed E-state index contributed by atoms with van der Waals surface area (Å²) in [6.07, 6.45) is 0. The summed E-state index contributed by atoms with van der Waals surface area (Å²) >= 11 is 0. The predicted molar refractivity (Wildman–Crippen MR) is 213 cm³/mol. The van der Waals surface area contributed by atoms with Crippen molar-refractivity contribution in [3.63, 3.8) is 0 Å². The minimum atomic E-state index is 0.585. The van der Waals surface area contributed by atoms with E-state index >= 15 is 0 Å². The summed E-state index contributed by atoms with van der Waals surface area (Å²) in [7, 11) is 0. The van der Waals surface area contributed by atoms with E-state index in [1.165, 1.54) is 26.9 Å². The van der Waals surface area contributed by atoms with Crippen molar-refractivity contribution in [2.24, 2.45) is 0 Å². The molecule has 0 amide bonds. The Morgan fingerprint density at radius 3 is 1.90 bits per heavy atom. The first-order chi connectivity index (χ1) is 25.8. The summed E-state index contributed by atoms with van der Waals surface area (Å²) in [5, 5.41) is 9.16. The predicted octanol–water partition coefficient (Wildman–Crippen LogP) is 12.2. The molecule has 0 N–H and O–H groups in total. The van der Waals surface area contributed by atoms with Crippen LogP contribution in [0.25, 0.3) is 105 Å². The maximum atomic E-state index is 6.64. The molecule has 5 nitrogen and oxygen atoms in total. The molecule has 0 fully saturated rings. The van der Waals surface area contributed by atoms with Gasteiger partial charge in [-0.25, -0.2) is 15.0 Å². The number of furan rings is 1. The summed E-state index contributed by atoms with van der Waals surface area (Å²) in [5.41, 5.74) is 7.53. The number of fused-ring (bicyclic) bond motifs is 9. The van der Waals surface area contributed by atoms with Crippen LogP contribution in [0.3, 0.4) is 0 Å². The fourth-order valence-corrected chi connectivity index (χ4v) is 7.83. The molecule has 0 aliphatic rings. The lowest BCUT2D eigenvalue weighted by Crippen LogP contribution is -2.01. The van der Waals surface area contributed by atoms with Crippen molar-refractivity contribution in [1.82, 2.24) is 19.5 Å². The number of para-hydroxylation sites is 2. The van der Waals surface area contributed by atoms with E-state index in [1.807, 2.05) is 42.5 Å². The van der Waals surface area contributed by atoms with Crippen molar-refractivity contribution in [2.45, 2.75) is 0 Å². The van der Waals surface area contributed by atoms with Crippen molar-refractivity contribution in [1.29, 1.82) is 0 Å². The molecular formula is C47H28N4O. The zero-order chi connectivity index (χ0) is 34.2. The van der Waals surface area contributed by atoms with Crippen molar-refractivity contribution >= 4 is 65.3 Å². The van der Waals surface area contributed by atoms with Gasteiger partial charge in [0.15, 0.2) is 17.5 Å². The maximum Gasteiger partial charge on any atom is 0.164 e. The summed E-state index contributed by atoms with van der Waals surface area (Å²) in [5.74, 6) is 1.81. The van der Waals surface area contributed by atoms with Gasteiger partial charge in [-0.1, -0.05) is 133 Å². The Morgan fingerprint density at radius 2 is 1.04 bits per heavy atom. The first-order valence-corrected chi connectivity index (χ1v) is 17.4. The van der Waals surface area contributed by atoms with Gasteiger partial charge in [0.2, 0.25) is 0 Å². The second-order valence-corrected chi connectivity index (χ2v) is 13.2. The van der Waals surface area contributed by atoms with Crippen LogP contribution in [0, 0.1) is 0 Å². The minimum absolute atomic E-state index is 0.585. The van der Waals surface area contributed by atoms with Gasteiger partial charge >= 0.3 is 0 Å². The van der Waals surface area contributed by atoms with Crippen LogP contribution in [0.1, 0.15) is 0 Å². The molecule has 0 bridgehead atoms. The summed E-state index contributed by atoms with van der Waals surface area (Å²) in [6, 6.07) is 59.1. The van der Waals surface area contributed by atoms with Crippen LogP contribution in [0.4, 0.5) is 0 Å². The Morgan fingerprint density at radius 1 is 0.385 bits per heavy atom. The van der Waals surface area contributed by atoms with E-state index < -0.39 is 0 Å². The molecular weight excluding hydrogens is 637 g/mol. The van der Waals surface area contributed by atoms with E-state index in [9.17, 15) is 0 Å². The molecule has 0 atom stereocenters. The molecule has 3 heterocycles. The van der Waals surface area contributed by atoms with E-state index in [-0.39, 0.29) is 0 Å². The molecule has 242 valence electrons. The number of nitrogens with zero attached hydrogens (tertiary/aromatic N) is 4. The molecule has 0 unspecified atom stereocenters. The zero-order valence-electron chi connectivity index (χ0n) is 27.9. The summed E-state index contributed by atoms with van der Waals surface area (Å²) < 4.78 is 8.99. The molecule has 0 saturated heterocycles. The highest BCUT2D eigenvalue weighted by molar-refractivity contribution is 6.21. The van der Waals surface area contributed by atoms with Gasteiger partial charge in [0, 0.05) is 44.3 Å². The van der Waals surface area contributed by atoms with Gasteiger partial charge in [-0.05, 0) is 51.9 Å². The van der Waals surface area contributed by atoms with Crippen molar-refractivity contribution in [2.75, 3.05) is 0 Å². The van der Waals surface area contributed by atoms with Crippen molar-refractivity contribution in [3.05, 3.63) is 170 Å². The third-order valence-corrected chi connectivity index (χ3v) is 10.2. The van der Waals surface area contributed by atoms with Crippen LogP contribution in [-0.2, 0) is 0 Å². The van der Waals surface area contributed by atoms with E-state index in [0.717, 1.165) is 60.7 Å². The Bertz CT molecular complexity index is 3190. The molecule has 52 heavy (non-hydrogen) atoms. The van der Waals surface area contributed by atoms with E-state index in [4.69, 9.17) is 19.4 Å². The SMILES string of the molecule is c1ccc(-c2nc(-c3ccc4ccccc4c3)nc(-c3cc(-n4c5ccccc5c5c6ccccc6ccc54)cc4oc5ccccc5c34)n2)cc1. The Hall–Kier alpha value is -7.11. The van der Waals surface area contributed by atoms with Crippen LogP contribution >= 0.6 is 0 Å². The molecule has 0 saturated carbocycles. The first-order valence-electron chi connectivity index (χ1n) is 17.4. The zero-order valence-corrected chi connectivity index (χ0v) is 27.9. The van der Waals surface area contributed by atoms with E-state index in [2.05, 4.69) is 132 Å². The van der Waals surface area contributed by atoms with Crippen molar-refractivity contribution in [3.8, 4) is 39.9 Å². The summed E-state index contributed by atoms with van der Waals surface area (Å²) in [6.45, 7) is 0. The summed E-state index contributed by atoms with van der Waals surface area (Å²) in [4.78, 5) is 15.5. The highest BCUT2D eigenvalue weighted by atomic mass is 16.3. The standard InChI is InChI=1S/C47H28N4O/c1-2-14-31(15-3-1)45-48-46(33-23-22-29-12-4-5-16-32(29)26-33)50-47(49-45)38-27-34(28-42-44(38)37-19-9-11-21-41(37)52-42)51-39-20-10-8-18-36(39)43-35-17-7-6-13-30(35)24-25-40(43)51/h1-28H. The van der Waals surface area contributed by atoms with Crippen molar-refractivity contribution < 1.29 is 4.42 Å². The smallest absolute Gasteiger partial charge is 0.164 e. The number of benzene rings is 8. The molecule has 0 aliphatic carbocycles. The number of hydrogen-bond donors (Lipinski definition) is 0. The fraction of sp³-hybridized carbons (Fsp3) is 0. The van der Waals surface area contributed by atoms with Crippen LogP contribution in [0.2, 0.25) is 0 Å². The highest BCUT2D eigenvalue weighted by Crippen LogP contribution is 2.42. The van der Waals surface area contributed by atoms with Gasteiger partial charge < -0.3 is 8.98 Å². The first kappa shape index (κ1) is 28.7. The minimum Gasteiger partial charge on any atom is -0.456 e. The number of rotatable bonds is 4. The molecule has 8 aromatic carbocycles. The van der Waals surface area contributed by atoms with Crippen LogP contribution in [0.15, 0.2) is 174 Å². The van der Waals surface area contributed by atoms with E-state index in [0.29, 0.717) is 17.5 Å². The normalized spacial score (nSPS) is 11.8. The Labute approximate surface area is 298 Å². The van der Waals surface area contributed by atoms with Crippen LogP contribution in [-0.4, -0.2) is 19.5 Å².